The molecule has 0 radical (unpaired) electrons. The van der Waals surface area contributed by atoms with Crippen molar-refractivity contribution in [3.63, 3.8) is 0 Å². The Kier molecular flexibility index (Phi) is 10.7. The van der Waals surface area contributed by atoms with Crippen molar-refractivity contribution in [2.75, 3.05) is 0 Å². The first kappa shape index (κ1) is 31.6. The first-order valence-electron chi connectivity index (χ1n) is 14.3. The van der Waals surface area contributed by atoms with Gasteiger partial charge in [0.2, 0.25) is 0 Å². The van der Waals surface area contributed by atoms with Crippen molar-refractivity contribution < 1.29 is 29.5 Å². The molecule has 0 aromatic heterocycles. The van der Waals surface area contributed by atoms with E-state index in [2.05, 4.69) is 19.7 Å². The average molecular weight is 571 g/mol. The molecule has 0 amide bonds. The Bertz CT molecular complexity index is 1210. The van der Waals surface area contributed by atoms with Crippen LogP contribution in [-0.2, 0) is 34.0 Å². The summed E-state index contributed by atoms with van der Waals surface area (Å²) in [4.78, 5) is 0. The number of benzene rings is 3. The molecule has 0 heterocycles. The molecular formula is C36H42O6. The van der Waals surface area contributed by atoms with Crippen molar-refractivity contribution in [2.24, 2.45) is 0 Å². The highest BCUT2D eigenvalue weighted by atomic mass is 16.6. The fraction of sp³-hybridized carbons (Fsp3) is 0.333. The summed E-state index contributed by atoms with van der Waals surface area (Å²) in [6.45, 7) is 12.3. The van der Waals surface area contributed by atoms with Gasteiger partial charge in [-0.25, -0.2) is 0 Å². The van der Waals surface area contributed by atoms with E-state index in [1.165, 1.54) is 0 Å². The fourth-order valence-corrected chi connectivity index (χ4v) is 6.29. The van der Waals surface area contributed by atoms with Gasteiger partial charge < -0.3 is 29.5 Å². The Balaban J connectivity index is 1.95. The molecule has 1 fully saturated rings. The lowest BCUT2D eigenvalue weighted by atomic mass is 9.55. The van der Waals surface area contributed by atoms with Crippen molar-refractivity contribution in [1.29, 1.82) is 0 Å². The van der Waals surface area contributed by atoms with E-state index < -0.39 is 35.1 Å². The molecule has 1 aliphatic rings. The summed E-state index contributed by atoms with van der Waals surface area (Å²) in [5.41, 5.74) is -2.20. The summed E-state index contributed by atoms with van der Waals surface area (Å²) in [5, 5.41) is 35.4. The zero-order valence-electron chi connectivity index (χ0n) is 24.1. The molecule has 1 saturated carbocycles. The summed E-state index contributed by atoms with van der Waals surface area (Å²) in [6.07, 6.45) is 0.473. The van der Waals surface area contributed by atoms with Crippen molar-refractivity contribution in [2.45, 2.75) is 74.2 Å². The monoisotopic (exact) mass is 570 g/mol. The van der Waals surface area contributed by atoms with E-state index in [1.54, 1.807) is 18.2 Å². The number of aliphatic hydroxyl groups is 3. The standard InChI is InChI=1S/C36H42O6/c1-4-22-34(40-25-28-16-10-7-11-17-28)32(38)31(37)33(39)35(23-5-2,41-26-29-18-12-8-13-19-29)36(34,24-6-3)42-27-30-20-14-9-15-21-30/h4-21,31-33,37-39H,1-3,22-27H2/t31-,32-,33+,34+,35-,36+. The van der Waals surface area contributed by atoms with Gasteiger partial charge in [-0.3, -0.25) is 0 Å². The molecule has 0 aliphatic heterocycles. The minimum absolute atomic E-state index is 0.0843. The molecule has 1 aliphatic carbocycles. The maximum Gasteiger partial charge on any atom is 0.136 e. The molecule has 0 saturated heterocycles. The highest BCUT2D eigenvalue weighted by Crippen LogP contribution is 2.56. The fourth-order valence-electron chi connectivity index (χ4n) is 6.29. The topological polar surface area (TPSA) is 88.4 Å². The van der Waals surface area contributed by atoms with E-state index in [9.17, 15) is 15.3 Å². The lowest BCUT2D eigenvalue weighted by Crippen LogP contribution is -2.84. The highest BCUT2D eigenvalue weighted by Gasteiger charge is 2.75. The third-order valence-electron chi connectivity index (χ3n) is 8.30. The van der Waals surface area contributed by atoms with E-state index >= 15 is 0 Å². The van der Waals surface area contributed by atoms with E-state index in [4.69, 9.17) is 14.2 Å². The van der Waals surface area contributed by atoms with E-state index in [1.807, 2.05) is 91.0 Å². The van der Waals surface area contributed by atoms with Gasteiger partial charge in [-0.05, 0) is 29.5 Å². The van der Waals surface area contributed by atoms with Crippen LogP contribution in [-0.4, -0.2) is 50.4 Å². The Hall–Kier alpha value is -3.36. The molecule has 6 nitrogen and oxygen atoms in total. The van der Waals surface area contributed by atoms with Crippen LogP contribution in [0.3, 0.4) is 0 Å². The number of hydrogen-bond donors (Lipinski definition) is 3. The third kappa shape index (κ3) is 5.92. The summed E-state index contributed by atoms with van der Waals surface area (Å²) >= 11 is 0. The lowest BCUT2D eigenvalue weighted by Gasteiger charge is -2.65. The molecular weight excluding hydrogens is 528 g/mol. The zero-order valence-corrected chi connectivity index (χ0v) is 24.1. The minimum Gasteiger partial charge on any atom is -0.387 e. The van der Waals surface area contributed by atoms with Crippen LogP contribution in [0.1, 0.15) is 36.0 Å². The highest BCUT2D eigenvalue weighted by molar-refractivity contribution is 5.30. The van der Waals surface area contributed by atoms with Crippen LogP contribution in [0.5, 0.6) is 0 Å². The predicted octanol–water partition coefficient (Wildman–Crippen LogP) is 5.68. The van der Waals surface area contributed by atoms with Crippen LogP contribution >= 0.6 is 0 Å². The smallest absolute Gasteiger partial charge is 0.136 e. The molecule has 6 heteroatoms. The Morgan fingerprint density at radius 3 is 1.19 bits per heavy atom. The maximum absolute atomic E-state index is 11.9. The van der Waals surface area contributed by atoms with Crippen molar-refractivity contribution in [1.82, 2.24) is 0 Å². The van der Waals surface area contributed by atoms with Gasteiger partial charge in [-0.15, -0.1) is 19.7 Å². The molecule has 6 atom stereocenters. The van der Waals surface area contributed by atoms with E-state index in [0.717, 1.165) is 16.7 Å². The SMILES string of the molecule is C=CC[C@]1(OCc2ccccc2)[C@@](CC=C)(OCc2ccccc2)[C@H](O)[C@@H](O)[C@H](O)[C@@]1(CC=C)OCc1ccccc1. The Morgan fingerprint density at radius 1 is 0.524 bits per heavy atom. The quantitative estimate of drug-likeness (QED) is 0.204. The first-order chi connectivity index (χ1) is 20.4. The predicted molar refractivity (Wildman–Crippen MR) is 164 cm³/mol. The molecule has 42 heavy (non-hydrogen) atoms. The Labute approximate surface area is 249 Å². The molecule has 0 unspecified atom stereocenters. The lowest BCUT2D eigenvalue weighted by molar-refractivity contribution is -0.383. The van der Waals surface area contributed by atoms with Crippen molar-refractivity contribution in [3.05, 3.63) is 146 Å². The van der Waals surface area contributed by atoms with Gasteiger partial charge in [0.1, 0.15) is 35.1 Å². The van der Waals surface area contributed by atoms with Gasteiger partial charge in [0.25, 0.3) is 0 Å². The number of hydrogen-bond acceptors (Lipinski definition) is 6. The van der Waals surface area contributed by atoms with E-state index in [0.29, 0.717) is 0 Å². The van der Waals surface area contributed by atoms with Crippen LogP contribution in [0.15, 0.2) is 129 Å². The summed E-state index contributed by atoms with van der Waals surface area (Å²) in [5.74, 6) is 0. The van der Waals surface area contributed by atoms with Crippen LogP contribution in [0.2, 0.25) is 0 Å². The Morgan fingerprint density at radius 2 is 0.857 bits per heavy atom. The van der Waals surface area contributed by atoms with Gasteiger partial charge in [0.15, 0.2) is 0 Å². The van der Waals surface area contributed by atoms with Gasteiger partial charge in [-0.1, -0.05) is 109 Å². The zero-order chi connectivity index (χ0) is 30.1. The summed E-state index contributed by atoms with van der Waals surface area (Å²) < 4.78 is 20.5. The molecule has 4 rings (SSSR count). The van der Waals surface area contributed by atoms with E-state index in [-0.39, 0.29) is 39.1 Å². The van der Waals surface area contributed by atoms with Crippen LogP contribution in [0, 0.1) is 0 Å². The molecule has 222 valence electrons. The molecule has 3 aromatic carbocycles. The van der Waals surface area contributed by atoms with Gasteiger partial charge >= 0.3 is 0 Å². The second-order valence-electron chi connectivity index (χ2n) is 10.8. The normalized spacial score (nSPS) is 29.1. The minimum atomic E-state index is -1.63. The molecule has 3 N–H and O–H groups in total. The molecule has 3 aromatic rings. The first-order valence-corrected chi connectivity index (χ1v) is 14.3. The number of ether oxygens (including phenoxy) is 3. The maximum atomic E-state index is 11.9. The van der Waals surface area contributed by atoms with Crippen molar-refractivity contribution in [3.8, 4) is 0 Å². The largest absolute Gasteiger partial charge is 0.387 e. The van der Waals surface area contributed by atoms with Gasteiger partial charge in [-0.2, -0.15) is 0 Å². The van der Waals surface area contributed by atoms with Gasteiger partial charge in [0, 0.05) is 6.42 Å². The second kappa shape index (κ2) is 14.2. The molecule has 0 bridgehead atoms. The number of rotatable bonds is 15. The second-order valence-corrected chi connectivity index (χ2v) is 10.8. The van der Waals surface area contributed by atoms with Crippen LogP contribution < -0.4 is 0 Å². The van der Waals surface area contributed by atoms with Crippen LogP contribution in [0.4, 0.5) is 0 Å². The average Bonchev–Trinajstić information content (AvgIpc) is 3.03. The summed E-state index contributed by atoms with van der Waals surface area (Å²) in [6, 6.07) is 28.8. The van der Waals surface area contributed by atoms with Crippen LogP contribution in [0.25, 0.3) is 0 Å². The third-order valence-corrected chi connectivity index (χ3v) is 8.30. The number of aliphatic hydroxyl groups excluding tert-OH is 3. The molecule has 0 spiro atoms. The van der Waals surface area contributed by atoms with Gasteiger partial charge in [0.05, 0.1) is 19.8 Å². The summed E-state index contributed by atoms with van der Waals surface area (Å²) in [7, 11) is 0. The van der Waals surface area contributed by atoms with Crippen molar-refractivity contribution >= 4 is 0 Å².